The molecule has 2 rings (SSSR count). The normalized spacial score (nSPS) is 24.2. The smallest absolute Gasteiger partial charge is 0.0767 e. The molecule has 2 N–H and O–H groups in total. The Hall–Kier alpha value is -0.390. The Kier molecular flexibility index (Phi) is 5.64. The fourth-order valence-corrected chi connectivity index (χ4v) is 3.80. The minimum Gasteiger partial charge on any atom is -0.329 e. The summed E-state index contributed by atoms with van der Waals surface area (Å²) in [5.74, 6) is 0.797. The summed E-state index contributed by atoms with van der Waals surface area (Å²) in [6.07, 6.45) is 3.46. The molecule has 2 unspecified atom stereocenters. The second kappa shape index (κ2) is 7.05. The van der Waals surface area contributed by atoms with Crippen LogP contribution in [0.15, 0.2) is 4.47 Å². The first-order chi connectivity index (χ1) is 9.60. The van der Waals surface area contributed by atoms with Crippen LogP contribution in [0.1, 0.15) is 45.0 Å². The van der Waals surface area contributed by atoms with Crippen LogP contribution in [0.5, 0.6) is 0 Å². The third-order valence-electron chi connectivity index (χ3n) is 4.42. The third-order valence-corrected chi connectivity index (χ3v) is 5.33. The molecule has 2 atom stereocenters. The second-order valence-electron chi connectivity index (χ2n) is 5.87. The third kappa shape index (κ3) is 3.26. The van der Waals surface area contributed by atoms with Gasteiger partial charge in [0.15, 0.2) is 0 Å². The molecule has 1 saturated heterocycles. The van der Waals surface area contributed by atoms with Crippen molar-refractivity contribution in [2.45, 2.75) is 59.2 Å². The van der Waals surface area contributed by atoms with E-state index in [0.29, 0.717) is 6.04 Å². The highest BCUT2D eigenvalue weighted by molar-refractivity contribution is 9.10. The number of aromatic nitrogens is 2. The molecule has 1 aromatic rings. The van der Waals surface area contributed by atoms with Crippen molar-refractivity contribution in [2.75, 3.05) is 13.1 Å². The second-order valence-corrected chi connectivity index (χ2v) is 6.66. The van der Waals surface area contributed by atoms with Crippen LogP contribution in [0, 0.1) is 5.92 Å². The van der Waals surface area contributed by atoms with Gasteiger partial charge in [0, 0.05) is 25.7 Å². The number of likely N-dealkylation sites (tertiary alicyclic amines) is 1. The largest absolute Gasteiger partial charge is 0.329 e. The predicted octanol–water partition coefficient (Wildman–Crippen LogP) is 2.79. The Morgan fingerprint density at radius 2 is 2.15 bits per heavy atom. The van der Waals surface area contributed by atoms with Gasteiger partial charge in [-0.3, -0.25) is 9.58 Å². The van der Waals surface area contributed by atoms with Crippen LogP contribution < -0.4 is 5.73 Å². The molecule has 4 nitrogen and oxygen atoms in total. The molecule has 20 heavy (non-hydrogen) atoms. The molecular weight excluding hydrogens is 316 g/mol. The van der Waals surface area contributed by atoms with Gasteiger partial charge in [-0.05, 0) is 54.6 Å². The zero-order chi connectivity index (χ0) is 14.7. The Bertz CT molecular complexity index is 443. The van der Waals surface area contributed by atoms with Crippen molar-refractivity contribution in [3.63, 3.8) is 0 Å². The fraction of sp³-hybridized carbons (Fsp3) is 0.800. The van der Waals surface area contributed by atoms with Crippen molar-refractivity contribution in [2.24, 2.45) is 11.7 Å². The maximum Gasteiger partial charge on any atom is 0.0767 e. The molecule has 0 saturated carbocycles. The van der Waals surface area contributed by atoms with Crippen molar-refractivity contribution in [3.05, 3.63) is 15.9 Å². The van der Waals surface area contributed by atoms with Crippen LogP contribution >= 0.6 is 15.9 Å². The Labute approximate surface area is 130 Å². The van der Waals surface area contributed by atoms with Gasteiger partial charge in [0.2, 0.25) is 0 Å². The van der Waals surface area contributed by atoms with E-state index in [2.05, 4.69) is 51.4 Å². The fourth-order valence-electron chi connectivity index (χ4n) is 3.11. The van der Waals surface area contributed by atoms with E-state index >= 15 is 0 Å². The molecule has 1 aliphatic heterocycles. The minimum atomic E-state index is 0.510. The lowest BCUT2D eigenvalue weighted by Gasteiger charge is -2.38. The van der Waals surface area contributed by atoms with E-state index in [0.717, 1.165) is 44.2 Å². The predicted molar refractivity (Wildman–Crippen MR) is 86.6 cm³/mol. The van der Waals surface area contributed by atoms with Gasteiger partial charge in [-0.2, -0.15) is 5.10 Å². The van der Waals surface area contributed by atoms with Crippen molar-refractivity contribution < 1.29 is 0 Å². The minimum absolute atomic E-state index is 0.510. The Morgan fingerprint density at radius 3 is 2.75 bits per heavy atom. The molecule has 0 spiro atoms. The number of nitrogens with two attached hydrogens (primary N) is 1. The molecule has 1 aliphatic rings. The van der Waals surface area contributed by atoms with Crippen LogP contribution in [0.25, 0.3) is 0 Å². The number of rotatable bonds is 5. The summed E-state index contributed by atoms with van der Waals surface area (Å²) >= 11 is 3.74. The molecule has 2 heterocycles. The van der Waals surface area contributed by atoms with Crippen molar-refractivity contribution in [3.8, 4) is 0 Å². The molecule has 5 heteroatoms. The molecule has 0 bridgehead atoms. The summed E-state index contributed by atoms with van der Waals surface area (Å²) in [5, 5.41) is 4.69. The topological polar surface area (TPSA) is 47.1 Å². The van der Waals surface area contributed by atoms with Crippen LogP contribution in [-0.2, 0) is 19.5 Å². The monoisotopic (exact) mass is 342 g/mol. The first kappa shape index (κ1) is 16.0. The van der Waals surface area contributed by atoms with Crippen molar-refractivity contribution in [1.82, 2.24) is 14.7 Å². The van der Waals surface area contributed by atoms with E-state index in [1.165, 1.54) is 23.0 Å². The van der Waals surface area contributed by atoms with Gasteiger partial charge in [0.25, 0.3) is 0 Å². The number of nitrogens with zero attached hydrogens (tertiary/aromatic N) is 3. The highest BCUT2D eigenvalue weighted by Gasteiger charge is 2.27. The molecule has 1 aromatic heterocycles. The van der Waals surface area contributed by atoms with E-state index in [1.54, 1.807) is 0 Å². The molecule has 1 fully saturated rings. The number of aryl methyl sites for hydroxylation is 2. The zero-order valence-electron chi connectivity index (χ0n) is 12.9. The van der Waals surface area contributed by atoms with Crippen molar-refractivity contribution in [1.29, 1.82) is 0 Å². The maximum atomic E-state index is 5.97. The first-order valence-corrected chi connectivity index (χ1v) is 8.58. The summed E-state index contributed by atoms with van der Waals surface area (Å²) in [5.41, 5.74) is 8.44. The molecular formula is C15H27BrN4. The number of halogens is 1. The van der Waals surface area contributed by atoms with Crippen LogP contribution in [-0.4, -0.2) is 33.8 Å². The van der Waals surface area contributed by atoms with Gasteiger partial charge in [0.05, 0.1) is 15.9 Å². The highest BCUT2D eigenvalue weighted by Crippen LogP contribution is 2.28. The van der Waals surface area contributed by atoms with E-state index in [9.17, 15) is 0 Å². The number of piperidine rings is 1. The number of hydrogen-bond acceptors (Lipinski definition) is 3. The van der Waals surface area contributed by atoms with Crippen LogP contribution in [0.2, 0.25) is 0 Å². The molecule has 114 valence electrons. The summed E-state index contributed by atoms with van der Waals surface area (Å²) in [7, 11) is 0. The molecule has 0 aliphatic carbocycles. The van der Waals surface area contributed by atoms with Crippen LogP contribution in [0.3, 0.4) is 0 Å². The van der Waals surface area contributed by atoms with E-state index in [4.69, 9.17) is 5.73 Å². The van der Waals surface area contributed by atoms with E-state index < -0.39 is 0 Å². The van der Waals surface area contributed by atoms with Gasteiger partial charge < -0.3 is 5.73 Å². The zero-order valence-corrected chi connectivity index (χ0v) is 14.5. The summed E-state index contributed by atoms with van der Waals surface area (Å²) in [6, 6.07) is 0.510. The van der Waals surface area contributed by atoms with Gasteiger partial charge in [-0.15, -0.1) is 0 Å². The average molecular weight is 343 g/mol. The first-order valence-electron chi connectivity index (χ1n) is 7.78. The lowest BCUT2D eigenvalue weighted by atomic mass is 9.92. The summed E-state index contributed by atoms with van der Waals surface area (Å²) < 4.78 is 3.32. The summed E-state index contributed by atoms with van der Waals surface area (Å²) in [4.78, 5) is 2.54. The number of hydrogen-bond donors (Lipinski definition) is 1. The lowest BCUT2D eigenvalue weighted by molar-refractivity contribution is 0.112. The lowest BCUT2D eigenvalue weighted by Crippen LogP contribution is -2.46. The molecule has 0 radical (unpaired) electrons. The highest BCUT2D eigenvalue weighted by atomic mass is 79.9. The molecule has 0 amide bonds. The van der Waals surface area contributed by atoms with Gasteiger partial charge >= 0.3 is 0 Å². The average Bonchev–Trinajstić information content (AvgIpc) is 2.77. The Balaban J connectivity index is 2.18. The van der Waals surface area contributed by atoms with E-state index in [-0.39, 0.29) is 0 Å². The van der Waals surface area contributed by atoms with Gasteiger partial charge in [-0.25, -0.2) is 0 Å². The quantitative estimate of drug-likeness (QED) is 0.894. The van der Waals surface area contributed by atoms with Crippen LogP contribution in [0.4, 0.5) is 0 Å². The molecule has 0 aromatic carbocycles. The van der Waals surface area contributed by atoms with E-state index in [1.807, 2.05) is 0 Å². The van der Waals surface area contributed by atoms with Gasteiger partial charge in [0.1, 0.15) is 0 Å². The SMILES string of the molecule is CCc1nn(CC)c(CN2CCC(C)CC2CN)c1Br. The van der Waals surface area contributed by atoms with Gasteiger partial charge in [-0.1, -0.05) is 13.8 Å². The van der Waals surface area contributed by atoms with Crippen molar-refractivity contribution >= 4 is 15.9 Å². The summed E-state index contributed by atoms with van der Waals surface area (Å²) in [6.45, 7) is 10.4. The Morgan fingerprint density at radius 1 is 1.40 bits per heavy atom. The standard InChI is InChI=1S/C15H27BrN4/c1-4-13-15(16)14(20(5-2)18-13)10-19-7-6-11(3)8-12(19)9-17/h11-12H,4-10,17H2,1-3H3. The maximum absolute atomic E-state index is 5.97.